The van der Waals surface area contributed by atoms with E-state index < -0.39 is 0 Å². The largest absolute Gasteiger partial charge is 0.379 e. The van der Waals surface area contributed by atoms with E-state index >= 15 is 0 Å². The van der Waals surface area contributed by atoms with Gasteiger partial charge in [-0.15, -0.1) is 0 Å². The van der Waals surface area contributed by atoms with Crippen LogP contribution in [0.2, 0.25) is 10.0 Å². The molecular formula is C17H29Cl2N5O2. The van der Waals surface area contributed by atoms with Crippen molar-refractivity contribution in [1.29, 1.82) is 0 Å². The van der Waals surface area contributed by atoms with Crippen LogP contribution < -0.4 is 16.0 Å². The maximum atomic E-state index is 6.06. The molecule has 0 saturated heterocycles. The summed E-state index contributed by atoms with van der Waals surface area (Å²) in [6, 6.07) is 1.65. The van der Waals surface area contributed by atoms with Crippen molar-refractivity contribution in [1.82, 2.24) is 15.6 Å². The molecule has 0 amide bonds. The number of hydrogen-bond donors (Lipinski definition) is 3. The van der Waals surface area contributed by atoms with Gasteiger partial charge in [-0.1, -0.05) is 36.5 Å². The molecule has 0 spiro atoms. The number of unbranched alkanes of at least 4 members (excludes halogenated alkanes) is 1. The minimum Gasteiger partial charge on any atom is -0.379 e. The van der Waals surface area contributed by atoms with Crippen molar-refractivity contribution < 1.29 is 9.47 Å². The van der Waals surface area contributed by atoms with Crippen LogP contribution in [-0.2, 0) is 9.47 Å². The van der Waals surface area contributed by atoms with Gasteiger partial charge in [-0.25, -0.2) is 4.98 Å². The van der Waals surface area contributed by atoms with Gasteiger partial charge in [-0.3, -0.25) is 4.99 Å². The summed E-state index contributed by atoms with van der Waals surface area (Å²) in [5.41, 5.74) is 0. The zero-order chi connectivity index (χ0) is 19.0. The van der Waals surface area contributed by atoms with E-state index in [4.69, 9.17) is 32.7 Å². The van der Waals surface area contributed by atoms with Crippen LogP contribution in [0, 0.1) is 0 Å². The van der Waals surface area contributed by atoms with E-state index in [0.717, 1.165) is 19.4 Å². The summed E-state index contributed by atoms with van der Waals surface area (Å²) in [4.78, 5) is 8.30. The lowest BCUT2D eigenvalue weighted by molar-refractivity contribution is 0.0487. The predicted octanol–water partition coefficient (Wildman–Crippen LogP) is 2.80. The second-order valence-electron chi connectivity index (χ2n) is 5.41. The maximum absolute atomic E-state index is 6.06. The third-order valence-electron chi connectivity index (χ3n) is 3.29. The monoisotopic (exact) mass is 405 g/mol. The van der Waals surface area contributed by atoms with Gasteiger partial charge in [0.15, 0.2) is 5.96 Å². The van der Waals surface area contributed by atoms with Gasteiger partial charge in [-0.2, -0.15) is 0 Å². The zero-order valence-corrected chi connectivity index (χ0v) is 17.0. The van der Waals surface area contributed by atoms with Crippen LogP contribution >= 0.6 is 23.2 Å². The number of rotatable bonds is 13. The number of aromatic nitrogens is 1. The fourth-order valence-electron chi connectivity index (χ4n) is 1.94. The molecule has 0 fully saturated rings. The highest BCUT2D eigenvalue weighted by Crippen LogP contribution is 2.21. The number of nitrogens with zero attached hydrogens (tertiary/aromatic N) is 2. The Morgan fingerprint density at radius 2 is 1.81 bits per heavy atom. The van der Waals surface area contributed by atoms with Crippen LogP contribution in [0.25, 0.3) is 0 Å². The minimum absolute atomic E-state index is 0.496. The van der Waals surface area contributed by atoms with Crippen molar-refractivity contribution >= 4 is 35.0 Å². The lowest BCUT2D eigenvalue weighted by atomic mass is 10.4. The Morgan fingerprint density at radius 3 is 2.50 bits per heavy atom. The number of hydrogen-bond acceptors (Lipinski definition) is 5. The van der Waals surface area contributed by atoms with Gasteiger partial charge in [0.05, 0.1) is 29.9 Å². The molecule has 0 aliphatic heterocycles. The standard InChI is InChI=1S/C17H29Cl2N5O2/c1-3-4-8-25-10-11-26-9-7-23-17(20-2)22-6-5-21-16-15(19)12-14(18)13-24-16/h12-13H,3-11H2,1-2H3,(H,21,24)(H2,20,22,23). The molecule has 0 atom stereocenters. The van der Waals surface area contributed by atoms with Crippen molar-refractivity contribution in [2.24, 2.45) is 4.99 Å². The summed E-state index contributed by atoms with van der Waals surface area (Å²) in [5, 5.41) is 10.5. The lowest BCUT2D eigenvalue weighted by Crippen LogP contribution is -2.41. The predicted molar refractivity (Wildman–Crippen MR) is 109 cm³/mol. The molecule has 1 rings (SSSR count). The Kier molecular flexibility index (Phi) is 13.0. The van der Waals surface area contributed by atoms with Crippen LogP contribution in [-0.4, -0.2) is 64.1 Å². The molecule has 0 aromatic carbocycles. The first-order chi connectivity index (χ1) is 12.7. The SMILES string of the molecule is CCCCOCCOCCNC(=NC)NCCNc1ncc(Cl)cc1Cl. The summed E-state index contributed by atoms with van der Waals surface area (Å²) in [7, 11) is 1.73. The first kappa shape index (κ1) is 22.8. The fraction of sp³-hybridized carbons (Fsp3) is 0.647. The minimum atomic E-state index is 0.496. The molecule has 1 aromatic heterocycles. The van der Waals surface area contributed by atoms with Gasteiger partial charge >= 0.3 is 0 Å². The Hall–Kier alpha value is -1.28. The van der Waals surface area contributed by atoms with Gasteiger partial charge in [0.1, 0.15) is 5.82 Å². The van der Waals surface area contributed by atoms with E-state index in [1.54, 1.807) is 19.3 Å². The van der Waals surface area contributed by atoms with E-state index in [9.17, 15) is 0 Å². The molecule has 0 saturated carbocycles. The summed E-state index contributed by atoms with van der Waals surface area (Å²) >= 11 is 11.9. The van der Waals surface area contributed by atoms with Crippen LogP contribution in [0.4, 0.5) is 5.82 Å². The number of halogens is 2. The number of ether oxygens (including phenoxy) is 2. The van der Waals surface area contributed by atoms with Crippen LogP contribution in [0.1, 0.15) is 19.8 Å². The van der Waals surface area contributed by atoms with Gasteiger partial charge in [0, 0.05) is 39.5 Å². The molecule has 1 aromatic rings. The number of anilines is 1. The maximum Gasteiger partial charge on any atom is 0.191 e. The third kappa shape index (κ3) is 10.7. The highest BCUT2D eigenvalue weighted by Gasteiger charge is 2.02. The third-order valence-corrected chi connectivity index (χ3v) is 3.79. The zero-order valence-electron chi connectivity index (χ0n) is 15.5. The van der Waals surface area contributed by atoms with Gasteiger partial charge in [-0.05, 0) is 12.5 Å². The van der Waals surface area contributed by atoms with Crippen LogP contribution in [0.5, 0.6) is 0 Å². The number of guanidine groups is 1. The van der Waals surface area contributed by atoms with Crippen molar-refractivity contribution in [3.05, 3.63) is 22.3 Å². The van der Waals surface area contributed by atoms with Crippen molar-refractivity contribution in [2.45, 2.75) is 19.8 Å². The van der Waals surface area contributed by atoms with Crippen molar-refractivity contribution in [3.8, 4) is 0 Å². The number of nitrogens with one attached hydrogen (secondary N) is 3. The molecule has 9 heteroatoms. The molecule has 148 valence electrons. The summed E-state index contributed by atoms with van der Waals surface area (Å²) < 4.78 is 10.9. The van der Waals surface area contributed by atoms with E-state index in [1.165, 1.54) is 0 Å². The normalized spacial score (nSPS) is 11.5. The molecule has 1 heterocycles. The Balaban J connectivity index is 2.05. The molecule has 7 nitrogen and oxygen atoms in total. The lowest BCUT2D eigenvalue weighted by Gasteiger charge is -2.13. The van der Waals surface area contributed by atoms with Gasteiger partial charge < -0.3 is 25.4 Å². The average molecular weight is 406 g/mol. The first-order valence-corrected chi connectivity index (χ1v) is 9.58. The Labute approximate surface area is 165 Å². The van der Waals surface area contributed by atoms with E-state index in [2.05, 4.69) is 32.9 Å². The fourth-order valence-corrected chi connectivity index (χ4v) is 2.38. The molecule has 0 unspecified atom stereocenters. The topological polar surface area (TPSA) is 79.8 Å². The van der Waals surface area contributed by atoms with Crippen molar-refractivity contribution in [3.63, 3.8) is 0 Å². The molecular weight excluding hydrogens is 377 g/mol. The van der Waals surface area contributed by atoms with E-state index in [0.29, 0.717) is 61.3 Å². The second kappa shape index (κ2) is 14.8. The summed E-state index contributed by atoms with van der Waals surface area (Å²) in [5.74, 6) is 1.32. The summed E-state index contributed by atoms with van der Waals surface area (Å²) in [6.07, 6.45) is 3.80. The Morgan fingerprint density at radius 1 is 1.08 bits per heavy atom. The smallest absolute Gasteiger partial charge is 0.191 e. The summed E-state index contributed by atoms with van der Waals surface area (Å²) in [6.45, 7) is 6.77. The molecule has 0 bridgehead atoms. The highest BCUT2D eigenvalue weighted by atomic mass is 35.5. The second-order valence-corrected chi connectivity index (χ2v) is 6.26. The number of aliphatic imine (C=N–C) groups is 1. The van der Waals surface area contributed by atoms with Gasteiger partial charge in [0.2, 0.25) is 0 Å². The highest BCUT2D eigenvalue weighted by molar-refractivity contribution is 6.35. The molecule has 26 heavy (non-hydrogen) atoms. The van der Waals surface area contributed by atoms with Gasteiger partial charge in [0.25, 0.3) is 0 Å². The molecule has 0 aliphatic rings. The van der Waals surface area contributed by atoms with Crippen molar-refractivity contribution in [2.75, 3.05) is 58.4 Å². The van der Waals surface area contributed by atoms with E-state index in [-0.39, 0.29) is 0 Å². The average Bonchev–Trinajstić information content (AvgIpc) is 2.63. The van der Waals surface area contributed by atoms with Crippen LogP contribution in [0.3, 0.4) is 0 Å². The van der Waals surface area contributed by atoms with Crippen LogP contribution in [0.15, 0.2) is 17.3 Å². The van der Waals surface area contributed by atoms with E-state index in [1.807, 2.05) is 0 Å². The molecule has 3 N–H and O–H groups in total. The molecule has 0 radical (unpaired) electrons. The Bertz CT molecular complexity index is 532. The quantitative estimate of drug-likeness (QED) is 0.266. The number of pyridine rings is 1. The first-order valence-electron chi connectivity index (χ1n) is 8.82. The molecule has 0 aliphatic carbocycles.